The van der Waals surface area contributed by atoms with Gasteiger partial charge in [0.25, 0.3) is 0 Å². The standard InChI is InChI=1S/C9H19NO8/c1-3(12)9(17)18-8(10)7(16)6(15)5(14)4(13)2-11/h3-8,11-16H,2,10H2,1H3/t3?,4-,5-,6+,7-,8?/m1/s1. The van der Waals surface area contributed by atoms with E-state index < -0.39 is 49.3 Å². The lowest BCUT2D eigenvalue weighted by Gasteiger charge is -2.28. The lowest BCUT2D eigenvalue weighted by atomic mass is 10.0. The van der Waals surface area contributed by atoms with E-state index in [0.717, 1.165) is 6.92 Å². The SMILES string of the molecule is CC(O)C(=O)OC(N)[C@H](O)[C@@H](O)[C@H](O)[C@H](O)CO. The highest BCUT2D eigenvalue weighted by atomic mass is 16.6. The van der Waals surface area contributed by atoms with Gasteiger partial charge < -0.3 is 35.4 Å². The zero-order valence-corrected chi connectivity index (χ0v) is 9.75. The predicted octanol–water partition coefficient (Wildman–Crippen LogP) is -4.37. The van der Waals surface area contributed by atoms with Crippen LogP contribution in [-0.2, 0) is 9.53 Å². The average molecular weight is 269 g/mol. The van der Waals surface area contributed by atoms with Crippen LogP contribution in [-0.4, -0.2) is 80.0 Å². The molecule has 0 saturated heterocycles. The lowest BCUT2D eigenvalue weighted by molar-refractivity contribution is -0.177. The minimum atomic E-state index is -1.94. The van der Waals surface area contributed by atoms with Crippen LogP contribution in [0, 0.1) is 0 Å². The molecule has 6 atom stereocenters. The van der Waals surface area contributed by atoms with E-state index in [0.29, 0.717) is 0 Å². The van der Waals surface area contributed by atoms with Gasteiger partial charge in [0.1, 0.15) is 30.5 Å². The number of rotatable bonds is 7. The molecule has 0 bridgehead atoms. The van der Waals surface area contributed by atoms with Crippen molar-refractivity contribution in [2.75, 3.05) is 6.61 Å². The Labute approximate surface area is 103 Å². The van der Waals surface area contributed by atoms with Gasteiger partial charge in [0.2, 0.25) is 0 Å². The topological polar surface area (TPSA) is 174 Å². The number of aliphatic hydroxyl groups is 6. The maximum absolute atomic E-state index is 10.9. The van der Waals surface area contributed by atoms with Crippen LogP contribution >= 0.6 is 0 Å². The Morgan fingerprint density at radius 1 is 1.11 bits per heavy atom. The summed E-state index contributed by atoms with van der Waals surface area (Å²) in [6.45, 7) is 0.274. The van der Waals surface area contributed by atoms with Crippen molar-refractivity contribution in [3.05, 3.63) is 0 Å². The molecule has 2 unspecified atom stereocenters. The van der Waals surface area contributed by atoms with Gasteiger partial charge in [-0.15, -0.1) is 0 Å². The van der Waals surface area contributed by atoms with Crippen LogP contribution in [0.2, 0.25) is 0 Å². The molecular formula is C9H19NO8. The van der Waals surface area contributed by atoms with Crippen molar-refractivity contribution in [1.82, 2.24) is 0 Å². The fraction of sp³-hybridized carbons (Fsp3) is 0.889. The first-order valence-corrected chi connectivity index (χ1v) is 5.19. The highest BCUT2D eigenvalue weighted by Crippen LogP contribution is 2.08. The van der Waals surface area contributed by atoms with Crippen molar-refractivity contribution < 1.29 is 40.2 Å². The van der Waals surface area contributed by atoms with Crippen LogP contribution < -0.4 is 5.73 Å². The fourth-order valence-corrected chi connectivity index (χ4v) is 1.03. The van der Waals surface area contributed by atoms with Crippen LogP contribution in [0.5, 0.6) is 0 Å². The molecule has 0 radical (unpaired) electrons. The zero-order chi connectivity index (χ0) is 14.5. The normalized spacial score (nSPS) is 21.6. The number of aliphatic hydroxyl groups excluding tert-OH is 6. The van der Waals surface area contributed by atoms with Gasteiger partial charge in [-0.05, 0) is 6.92 Å². The number of hydrogen-bond donors (Lipinski definition) is 7. The first-order valence-electron chi connectivity index (χ1n) is 5.19. The molecule has 0 aromatic rings. The summed E-state index contributed by atoms with van der Waals surface area (Å²) in [7, 11) is 0. The van der Waals surface area contributed by atoms with Gasteiger partial charge in [0, 0.05) is 0 Å². The van der Waals surface area contributed by atoms with E-state index in [4.69, 9.17) is 21.1 Å². The molecule has 0 rings (SSSR count). The van der Waals surface area contributed by atoms with E-state index in [2.05, 4.69) is 4.74 Å². The highest BCUT2D eigenvalue weighted by molar-refractivity contribution is 5.73. The molecule has 0 aliphatic heterocycles. The Morgan fingerprint density at radius 2 is 1.61 bits per heavy atom. The second kappa shape index (κ2) is 7.59. The monoisotopic (exact) mass is 269 g/mol. The quantitative estimate of drug-likeness (QED) is 0.178. The van der Waals surface area contributed by atoms with Crippen molar-refractivity contribution in [1.29, 1.82) is 0 Å². The molecule has 0 aromatic heterocycles. The highest BCUT2D eigenvalue weighted by Gasteiger charge is 2.35. The minimum Gasteiger partial charge on any atom is -0.442 e. The Balaban J connectivity index is 4.44. The maximum Gasteiger partial charge on any atom is 0.336 e. The first kappa shape index (κ1) is 17.2. The minimum absolute atomic E-state index is 0.840. The van der Waals surface area contributed by atoms with Crippen molar-refractivity contribution >= 4 is 5.97 Å². The van der Waals surface area contributed by atoms with E-state index >= 15 is 0 Å². The zero-order valence-electron chi connectivity index (χ0n) is 9.75. The second-order valence-corrected chi connectivity index (χ2v) is 3.80. The molecule has 108 valence electrons. The molecule has 9 nitrogen and oxygen atoms in total. The average Bonchev–Trinajstić information content (AvgIpc) is 2.34. The molecule has 18 heavy (non-hydrogen) atoms. The van der Waals surface area contributed by atoms with Crippen LogP contribution in [0.1, 0.15) is 6.92 Å². The number of carbonyl (C=O) groups is 1. The van der Waals surface area contributed by atoms with Crippen molar-refractivity contribution in [3.8, 4) is 0 Å². The second-order valence-electron chi connectivity index (χ2n) is 3.80. The smallest absolute Gasteiger partial charge is 0.336 e. The molecule has 0 fully saturated rings. The Hall–Kier alpha value is -0.810. The van der Waals surface area contributed by atoms with Crippen molar-refractivity contribution in [2.45, 2.75) is 43.7 Å². The van der Waals surface area contributed by atoms with Crippen LogP contribution in [0.15, 0.2) is 0 Å². The molecule has 0 aliphatic rings. The van der Waals surface area contributed by atoms with Gasteiger partial charge in [-0.2, -0.15) is 0 Å². The van der Waals surface area contributed by atoms with Gasteiger partial charge >= 0.3 is 5.97 Å². The van der Waals surface area contributed by atoms with Gasteiger partial charge in [-0.3, -0.25) is 5.73 Å². The lowest BCUT2D eigenvalue weighted by Crippen LogP contribution is -2.54. The van der Waals surface area contributed by atoms with Crippen LogP contribution in [0.25, 0.3) is 0 Å². The summed E-state index contributed by atoms with van der Waals surface area (Å²) in [5.74, 6) is -1.12. The molecule has 0 aliphatic carbocycles. The van der Waals surface area contributed by atoms with Gasteiger partial charge in [-0.1, -0.05) is 0 Å². The molecule has 0 aromatic carbocycles. The van der Waals surface area contributed by atoms with E-state index in [1.165, 1.54) is 0 Å². The summed E-state index contributed by atoms with van der Waals surface area (Å²) in [6.07, 6.45) is -10.6. The number of carbonyl (C=O) groups excluding carboxylic acids is 1. The molecular weight excluding hydrogens is 250 g/mol. The molecule has 0 heterocycles. The molecule has 0 spiro atoms. The summed E-state index contributed by atoms with van der Waals surface area (Å²) >= 11 is 0. The van der Waals surface area contributed by atoms with E-state index in [1.807, 2.05) is 0 Å². The summed E-state index contributed by atoms with van der Waals surface area (Å²) in [5, 5.41) is 54.5. The van der Waals surface area contributed by atoms with E-state index in [1.54, 1.807) is 0 Å². The largest absolute Gasteiger partial charge is 0.442 e. The van der Waals surface area contributed by atoms with E-state index in [9.17, 15) is 20.1 Å². The number of ether oxygens (including phenoxy) is 1. The first-order chi connectivity index (χ1) is 8.22. The van der Waals surface area contributed by atoms with E-state index in [-0.39, 0.29) is 0 Å². The van der Waals surface area contributed by atoms with Crippen LogP contribution in [0.3, 0.4) is 0 Å². The molecule has 0 amide bonds. The Kier molecular flexibility index (Phi) is 7.25. The predicted molar refractivity (Wildman–Crippen MR) is 56.9 cm³/mol. The third-order valence-corrected chi connectivity index (χ3v) is 2.21. The summed E-state index contributed by atoms with van der Waals surface area (Å²) in [6, 6.07) is 0. The number of hydrogen-bond acceptors (Lipinski definition) is 9. The Bertz CT molecular complexity index is 261. The summed E-state index contributed by atoms with van der Waals surface area (Å²) in [5.41, 5.74) is 5.22. The Morgan fingerprint density at radius 3 is 2.00 bits per heavy atom. The van der Waals surface area contributed by atoms with Gasteiger partial charge in [-0.25, -0.2) is 4.79 Å². The van der Waals surface area contributed by atoms with Gasteiger partial charge in [0.15, 0.2) is 6.23 Å². The third kappa shape index (κ3) is 4.82. The number of nitrogens with two attached hydrogens (primary N) is 1. The van der Waals surface area contributed by atoms with Crippen molar-refractivity contribution in [3.63, 3.8) is 0 Å². The maximum atomic E-state index is 10.9. The molecule has 0 saturated carbocycles. The van der Waals surface area contributed by atoms with Crippen molar-refractivity contribution in [2.24, 2.45) is 5.73 Å². The molecule has 8 N–H and O–H groups in total. The summed E-state index contributed by atoms with van der Waals surface area (Å²) in [4.78, 5) is 10.9. The summed E-state index contributed by atoms with van der Waals surface area (Å²) < 4.78 is 4.38. The third-order valence-electron chi connectivity index (χ3n) is 2.21. The number of esters is 1. The van der Waals surface area contributed by atoms with Gasteiger partial charge in [0.05, 0.1) is 6.61 Å². The fourth-order valence-electron chi connectivity index (χ4n) is 1.03. The molecule has 9 heteroatoms. The van der Waals surface area contributed by atoms with Crippen LogP contribution in [0.4, 0.5) is 0 Å².